The molecule has 0 bridgehead atoms. The molecule has 0 aliphatic carbocycles. The van der Waals surface area contributed by atoms with Gasteiger partial charge in [-0.3, -0.25) is 9.78 Å². The summed E-state index contributed by atoms with van der Waals surface area (Å²) in [6, 6.07) is 1.78. The maximum Gasteiger partial charge on any atom is 0.164 e. The number of pyridine rings is 1. The molecule has 0 aromatic carbocycles. The Bertz CT molecular complexity index is 444. The molecule has 1 aromatic heterocycles. The molecule has 0 spiro atoms. The third-order valence-electron chi connectivity index (χ3n) is 3.63. The van der Waals surface area contributed by atoms with E-state index in [0.29, 0.717) is 36.1 Å². The van der Waals surface area contributed by atoms with Gasteiger partial charge in [-0.15, -0.1) is 0 Å². The van der Waals surface area contributed by atoms with Crippen LogP contribution in [0, 0.1) is 11.8 Å². The summed E-state index contributed by atoms with van der Waals surface area (Å²) in [4.78, 5) is 16.4. The minimum atomic E-state index is 0.0760. The SMILES string of the molecule is CC(C)Oc1cncc(C(=O)CCC(CCN)C(C)C)c1. The van der Waals surface area contributed by atoms with Gasteiger partial charge in [0.1, 0.15) is 5.75 Å². The van der Waals surface area contributed by atoms with Gasteiger partial charge in [-0.2, -0.15) is 0 Å². The second-order valence-electron chi connectivity index (χ2n) is 6.12. The first-order chi connectivity index (χ1) is 9.93. The highest BCUT2D eigenvalue weighted by molar-refractivity contribution is 5.96. The molecule has 0 saturated heterocycles. The van der Waals surface area contributed by atoms with Crippen molar-refractivity contribution in [2.75, 3.05) is 6.54 Å². The van der Waals surface area contributed by atoms with Crippen molar-refractivity contribution in [2.24, 2.45) is 17.6 Å². The van der Waals surface area contributed by atoms with Crippen LogP contribution in [-0.4, -0.2) is 23.4 Å². The second-order valence-corrected chi connectivity index (χ2v) is 6.12. The van der Waals surface area contributed by atoms with E-state index in [4.69, 9.17) is 10.5 Å². The van der Waals surface area contributed by atoms with E-state index < -0.39 is 0 Å². The molecule has 4 nitrogen and oxygen atoms in total. The summed E-state index contributed by atoms with van der Waals surface area (Å²) in [5.41, 5.74) is 6.27. The Morgan fingerprint density at radius 1 is 1.24 bits per heavy atom. The van der Waals surface area contributed by atoms with Crippen molar-refractivity contribution < 1.29 is 9.53 Å². The summed E-state index contributed by atoms with van der Waals surface area (Å²) in [6.07, 6.45) is 5.72. The number of hydrogen-bond donors (Lipinski definition) is 1. The fourth-order valence-corrected chi connectivity index (χ4v) is 2.39. The lowest BCUT2D eigenvalue weighted by molar-refractivity contribution is 0.0968. The monoisotopic (exact) mass is 292 g/mol. The number of rotatable bonds is 9. The average Bonchev–Trinajstić information content (AvgIpc) is 2.42. The molecule has 0 aliphatic heterocycles. The molecular weight excluding hydrogens is 264 g/mol. The van der Waals surface area contributed by atoms with E-state index >= 15 is 0 Å². The maximum atomic E-state index is 12.3. The fraction of sp³-hybridized carbons (Fsp3) is 0.647. The van der Waals surface area contributed by atoms with Crippen molar-refractivity contribution in [2.45, 2.75) is 53.1 Å². The average molecular weight is 292 g/mol. The van der Waals surface area contributed by atoms with Gasteiger partial charge in [0.05, 0.1) is 12.3 Å². The molecule has 2 N–H and O–H groups in total. The number of aromatic nitrogens is 1. The van der Waals surface area contributed by atoms with Gasteiger partial charge in [0.15, 0.2) is 5.78 Å². The predicted molar refractivity (Wildman–Crippen MR) is 85.6 cm³/mol. The first-order valence-corrected chi connectivity index (χ1v) is 7.79. The van der Waals surface area contributed by atoms with Crippen LogP contribution < -0.4 is 10.5 Å². The Hall–Kier alpha value is -1.42. The lowest BCUT2D eigenvalue weighted by Crippen LogP contribution is -2.16. The molecule has 1 aromatic rings. The maximum absolute atomic E-state index is 12.3. The number of carbonyl (C=O) groups excluding carboxylic acids is 1. The minimum absolute atomic E-state index is 0.0760. The first kappa shape index (κ1) is 17.6. The standard InChI is InChI=1S/C17H28N2O2/c1-12(2)14(7-8-18)5-6-17(20)15-9-16(11-19-10-15)21-13(3)4/h9-14H,5-8,18H2,1-4H3. The highest BCUT2D eigenvalue weighted by Gasteiger charge is 2.16. The van der Waals surface area contributed by atoms with Crippen LogP contribution in [0.1, 0.15) is 57.3 Å². The summed E-state index contributed by atoms with van der Waals surface area (Å²) < 4.78 is 5.58. The third kappa shape index (κ3) is 6.25. The normalized spacial score (nSPS) is 12.7. The topological polar surface area (TPSA) is 65.2 Å². The number of Topliss-reactive ketones (excluding diaryl/α,β-unsaturated/α-hetero) is 1. The van der Waals surface area contributed by atoms with Gasteiger partial charge in [-0.05, 0) is 51.1 Å². The summed E-state index contributed by atoms with van der Waals surface area (Å²) in [7, 11) is 0. The number of ether oxygens (including phenoxy) is 1. The zero-order valence-corrected chi connectivity index (χ0v) is 13.6. The lowest BCUT2D eigenvalue weighted by atomic mass is 9.87. The van der Waals surface area contributed by atoms with E-state index in [9.17, 15) is 4.79 Å². The van der Waals surface area contributed by atoms with E-state index in [0.717, 1.165) is 12.8 Å². The largest absolute Gasteiger partial charge is 0.489 e. The third-order valence-corrected chi connectivity index (χ3v) is 3.63. The van der Waals surface area contributed by atoms with Gasteiger partial charge >= 0.3 is 0 Å². The van der Waals surface area contributed by atoms with Crippen molar-refractivity contribution in [1.29, 1.82) is 0 Å². The molecule has 1 rings (SSSR count). The Labute approximate surface area is 128 Å². The molecular formula is C17H28N2O2. The van der Waals surface area contributed by atoms with Crippen LogP contribution in [0.3, 0.4) is 0 Å². The first-order valence-electron chi connectivity index (χ1n) is 7.79. The van der Waals surface area contributed by atoms with Crippen molar-refractivity contribution in [3.8, 4) is 5.75 Å². The van der Waals surface area contributed by atoms with Crippen molar-refractivity contribution in [3.63, 3.8) is 0 Å². The molecule has 0 aliphatic rings. The minimum Gasteiger partial charge on any atom is -0.489 e. The van der Waals surface area contributed by atoms with Crippen molar-refractivity contribution in [1.82, 2.24) is 4.98 Å². The van der Waals surface area contributed by atoms with E-state index in [1.165, 1.54) is 0 Å². The van der Waals surface area contributed by atoms with Crippen molar-refractivity contribution >= 4 is 5.78 Å². The second kappa shape index (κ2) is 8.78. The molecule has 0 radical (unpaired) electrons. The van der Waals surface area contributed by atoms with Crippen molar-refractivity contribution in [3.05, 3.63) is 24.0 Å². The molecule has 0 amide bonds. The Kier molecular flexibility index (Phi) is 7.37. The van der Waals surface area contributed by atoms with E-state index in [-0.39, 0.29) is 11.9 Å². The number of nitrogens with zero attached hydrogens (tertiary/aromatic N) is 1. The molecule has 21 heavy (non-hydrogen) atoms. The molecule has 118 valence electrons. The number of nitrogens with two attached hydrogens (primary N) is 1. The van der Waals surface area contributed by atoms with E-state index in [1.807, 2.05) is 13.8 Å². The van der Waals surface area contributed by atoms with Crippen LogP contribution in [0.2, 0.25) is 0 Å². The van der Waals surface area contributed by atoms with Crippen LogP contribution in [0.15, 0.2) is 18.5 Å². The van der Waals surface area contributed by atoms with E-state index in [1.54, 1.807) is 18.5 Å². The summed E-state index contributed by atoms with van der Waals surface area (Å²) in [6.45, 7) is 8.95. The predicted octanol–water partition coefficient (Wildman–Crippen LogP) is 3.45. The van der Waals surface area contributed by atoms with Gasteiger partial charge in [0, 0.05) is 18.2 Å². The van der Waals surface area contributed by atoms with Crippen LogP contribution >= 0.6 is 0 Å². The zero-order chi connectivity index (χ0) is 15.8. The molecule has 4 heteroatoms. The number of carbonyl (C=O) groups is 1. The summed E-state index contributed by atoms with van der Waals surface area (Å²) in [5, 5.41) is 0. The molecule has 1 heterocycles. The smallest absolute Gasteiger partial charge is 0.164 e. The van der Waals surface area contributed by atoms with Gasteiger partial charge < -0.3 is 10.5 Å². The van der Waals surface area contributed by atoms with Gasteiger partial charge in [0.25, 0.3) is 0 Å². The summed E-state index contributed by atoms with van der Waals surface area (Å²) in [5.74, 6) is 1.83. The van der Waals surface area contributed by atoms with Gasteiger partial charge in [-0.1, -0.05) is 13.8 Å². The number of hydrogen-bond acceptors (Lipinski definition) is 4. The fourth-order valence-electron chi connectivity index (χ4n) is 2.39. The molecule has 1 unspecified atom stereocenters. The Morgan fingerprint density at radius 3 is 2.52 bits per heavy atom. The Balaban J connectivity index is 2.62. The highest BCUT2D eigenvalue weighted by Crippen LogP contribution is 2.22. The number of ketones is 1. The summed E-state index contributed by atoms with van der Waals surface area (Å²) >= 11 is 0. The quantitative estimate of drug-likeness (QED) is 0.708. The van der Waals surface area contributed by atoms with E-state index in [2.05, 4.69) is 18.8 Å². The van der Waals surface area contributed by atoms with Gasteiger partial charge in [-0.25, -0.2) is 0 Å². The highest BCUT2D eigenvalue weighted by atomic mass is 16.5. The van der Waals surface area contributed by atoms with Crippen LogP contribution in [0.25, 0.3) is 0 Å². The molecule has 0 saturated carbocycles. The Morgan fingerprint density at radius 2 is 1.95 bits per heavy atom. The zero-order valence-electron chi connectivity index (χ0n) is 13.6. The molecule has 0 fully saturated rings. The molecule has 1 atom stereocenters. The van der Waals surface area contributed by atoms with Gasteiger partial charge in [0.2, 0.25) is 0 Å². The van der Waals surface area contributed by atoms with Crippen LogP contribution in [0.4, 0.5) is 0 Å². The lowest BCUT2D eigenvalue weighted by Gasteiger charge is -2.19. The van der Waals surface area contributed by atoms with Crippen LogP contribution in [0.5, 0.6) is 5.75 Å². The van der Waals surface area contributed by atoms with Crippen LogP contribution in [-0.2, 0) is 0 Å².